The highest BCUT2D eigenvalue weighted by Gasteiger charge is 2.21. The minimum atomic E-state index is -3.72. The molecule has 0 atom stereocenters. The van der Waals surface area contributed by atoms with E-state index in [0.29, 0.717) is 16.8 Å². The summed E-state index contributed by atoms with van der Waals surface area (Å²) in [7, 11) is -0.588. The average Bonchev–Trinajstić information content (AvgIpc) is 2.23. The van der Waals surface area contributed by atoms with Crippen molar-refractivity contribution in [3.63, 3.8) is 0 Å². The molecule has 1 amide bonds. The Bertz CT molecular complexity index is 571. The number of anilines is 1. The summed E-state index contributed by atoms with van der Waals surface area (Å²) in [5.74, 6) is -0.311. The van der Waals surface area contributed by atoms with Crippen LogP contribution in [0.5, 0.6) is 0 Å². The Morgan fingerprint density at radius 2 is 1.74 bits per heavy atom. The second-order valence-corrected chi connectivity index (χ2v) is 6.30. The van der Waals surface area contributed by atoms with Gasteiger partial charge in [0.15, 0.2) is 0 Å². The van der Waals surface area contributed by atoms with Gasteiger partial charge in [0, 0.05) is 19.8 Å². The molecule has 3 N–H and O–H groups in total. The van der Waals surface area contributed by atoms with Crippen molar-refractivity contribution < 1.29 is 13.2 Å². The van der Waals surface area contributed by atoms with Crippen LogP contribution < -0.4 is 10.5 Å². The van der Waals surface area contributed by atoms with Gasteiger partial charge in [0.2, 0.25) is 15.9 Å². The minimum Gasteiger partial charge on any atom is -0.399 e. The van der Waals surface area contributed by atoms with Gasteiger partial charge in [0.05, 0.1) is 11.4 Å². The van der Waals surface area contributed by atoms with Crippen molar-refractivity contribution in [3.8, 4) is 0 Å². The molecule has 106 valence electrons. The minimum absolute atomic E-state index is 0.174. The normalized spacial score (nSPS) is 11.4. The molecule has 0 aliphatic rings. The number of rotatable bonds is 4. The van der Waals surface area contributed by atoms with Crippen LogP contribution in [0.3, 0.4) is 0 Å². The van der Waals surface area contributed by atoms with Gasteiger partial charge >= 0.3 is 0 Å². The molecule has 7 heteroatoms. The summed E-state index contributed by atoms with van der Waals surface area (Å²) in [6.45, 7) is 3.08. The fourth-order valence-electron chi connectivity index (χ4n) is 1.79. The maximum Gasteiger partial charge on any atom is 0.241 e. The number of carbonyl (C=O) groups is 1. The Labute approximate surface area is 113 Å². The molecular formula is C12H19N3O3S. The van der Waals surface area contributed by atoms with E-state index in [-0.39, 0.29) is 17.3 Å². The highest BCUT2D eigenvalue weighted by Crippen LogP contribution is 2.22. The summed E-state index contributed by atoms with van der Waals surface area (Å²) in [6, 6.07) is 3.19. The average molecular weight is 285 g/mol. The fraction of sp³-hybridized carbons (Fsp3) is 0.417. The molecule has 6 nitrogen and oxygen atoms in total. The van der Waals surface area contributed by atoms with Gasteiger partial charge in [-0.25, -0.2) is 13.1 Å². The van der Waals surface area contributed by atoms with Crippen molar-refractivity contribution in [2.45, 2.75) is 18.7 Å². The van der Waals surface area contributed by atoms with Crippen LogP contribution in [0.4, 0.5) is 5.69 Å². The summed E-state index contributed by atoms with van der Waals surface area (Å²) in [6.07, 6.45) is 0. The molecule has 0 fully saturated rings. The molecule has 0 heterocycles. The molecule has 0 aliphatic carbocycles. The zero-order chi connectivity index (χ0) is 14.8. The van der Waals surface area contributed by atoms with Crippen molar-refractivity contribution >= 4 is 21.6 Å². The third-order valence-electron chi connectivity index (χ3n) is 2.66. The molecule has 0 aromatic heterocycles. The van der Waals surface area contributed by atoms with Crippen LogP contribution in [-0.2, 0) is 14.8 Å². The lowest BCUT2D eigenvalue weighted by molar-refractivity contribution is -0.127. The van der Waals surface area contributed by atoms with Crippen LogP contribution in [-0.4, -0.2) is 39.9 Å². The van der Waals surface area contributed by atoms with Crippen LogP contribution in [0.15, 0.2) is 17.0 Å². The van der Waals surface area contributed by atoms with Crippen molar-refractivity contribution in [2.24, 2.45) is 0 Å². The monoisotopic (exact) mass is 285 g/mol. The molecule has 0 spiro atoms. The summed E-state index contributed by atoms with van der Waals surface area (Å²) in [5, 5.41) is 0. The van der Waals surface area contributed by atoms with Gasteiger partial charge in [-0.2, -0.15) is 0 Å². The van der Waals surface area contributed by atoms with Crippen molar-refractivity contribution in [1.82, 2.24) is 9.62 Å². The molecule has 0 bridgehead atoms. The van der Waals surface area contributed by atoms with Crippen molar-refractivity contribution in [2.75, 3.05) is 26.4 Å². The SMILES string of the molecule is Cc1cc(N)cc(C)c1S(=O)(=O)NCC(=O)N(C)C. The number of benzene rings is 1. The third kappa shape index (κ3) is 3.68. The van der Waals surface area contributed by atoms with Gasteiger partial charge in [-0.3, -0.25) is 4.79 Å². The maximum absolute atomic E-state index is 12.2. The van der Waals surface area contributed by atoms with Crippen molar-refractivity contribution in [3.05, 3.63) is 23.3 Å². The standard InChI is InChI=1S/C12H19N3O3S/c1-8-5-10(13)6-9(2)12(8)19(17,18)14-7-11(16)15(3)4/h5-6,14H,7,13H2,1-4H3. The number of hydrogen-bond acceptors (Lipinski definition) is 4. The first-order chi connectivity index (χ1) is 8.65. The quantitative estimate of drug-likeness (QED) is 0.776. The van der Waals surface area contributed by atoms with E-state index < -0.39 is 10.0 Å². The zero-order valence-electron chi connectivity index (χ0n) is 11.5. The molecule has 0 unspecified atom stereocenters. The maximum atomic E-state index is 12.2. The summed E-state index contributed by atoms with van der Waals surface area (Å²) in [4.78, 5) is 12.9. The number of amides is 1. The lowest BCUT2D eigenvalue weighted by Gasteiger charge is -2.14. The summed E-state index contributed by atoms with van der Waals surface area (Å²) in [5.41, 5.74) is 7.29. The van der Waals surface area contributed by atoms with E-state index in [9.17, 15) is 13.2 Å². The van der Waals surface area contributed by atoms with Crippen LogP contribution in [0.2, 0.25) is 0 Å². The molecule has 1 aromatic carbocycles. The third-order valence-corrected chi connectivity index (χ3v) is 4.37. The highest BCUT2D eigenvalue weighted by atomic mass is 32.2. The van der Waals surface area contributed by atoms with Gasteiger partial charge in [0.25, 0.3) is 0 Å². The lowest BCUT2D eigenvalue weighted by atomic mass is 10.1. The molecule has 0 saturated carbocycles. The first-order valence-electron chi connectivity index (χ1n) is 5.71. The largest absolute Gasteiger partial charge is 0.399 e. The highest BCUT2D eigenvalue weighted by molar-refractivity contribution is 7.89. The Morgan fingerprint density at radius 3 is 2.16 bits per heavy atom. The Hall–Kier alpha value is -1.60. The molecule has 1 rings (SSSR count). The fourth-order valence-corrected chi connectivity index (χ4v) is 3.22. The number of nitrogens with one attached hydrogen (secondary N) is 1. The molecule has 0 aliphatic heterocycles. The van der Waals surface area contributed by atoms with Crippen LogP contribution in [0, 0.1) is 13.8 Å². The molecular weight excluding hydrogens is 266 g/mol. The molecule has 0 saturated heterocycles. The van der Waals surface area contributed by atoms with Gasteiger partial charge in [-0.05, 0) is 37.1 Å². The van der Waals surface area contributed by atoms with E-state index in [1.165, 1.54) is 4.90 Å². The number of nitrogens with two attached hydrogens (primary N) is 1. The van der Waals surface area contributed by atoms with E-state index >= 15 is 0 Å². The predicted octanol–water partition coefficient (Wildman–Crippen LogP) is 0.252. The molecule has 1 aromatic rings. The van der Waals surface area contributed by atoms with Gasteiger partial charge in [0.1, 0.15) is 0 Å². The van der Waals surface area contributed by atoms with Gasteiger partial charge < -0.3 is 10.6 Å². The number of carbonyl (C=O) groups excluding carboxylic acids is 1. The second kappa shape index (κ2) is 5.58. The molecule has 19 heavy (non-hydrogen) atoms. The Kier molecular flexibility index (Phi) is 4.54. The first-order valence-corrected chi connectivity index (χ1v) is 7.20. The smallest absolute Gasteiger partial charge is 0.241 e. The van der Waals surface area contributed by atoms with Crippen LogP contribution >= 0.6 is 0 Å². The number of hydrogen-bond donors (Lipinski definition) is 2. The van der Waals surface area contributed by atoms with E-state index in [1.54, 1.807) is 40.1 Å². The number of likely N-dealkylation sites (N-methyl/N-ethyl adjacent to an activating group) is 1. The topological polar surface area (TPSA) is 92.5 Å². The number of nitrogen functional groups attached to an aromatic ring is 1. The number of sulfonamides is 1. The van der Waals surface area contributed by atoms with E-state index in [4.69, 9.17) is 5.73 Å². The van der Waals surface area contributed by atoms with Crippen LogP contribution in [0.1, 0.15) is 11.1 Å². The van der Waals surface area contributed by atoms with E-state index in [1.807, 2.05) is 0 Å². The second-order valence-electron chi connectivity index (χ2n) is 4.60. The Balaban J connectivity index is 3.05. The van der Waals surface area contributed by atoms with Crippen molar-refractivity contribution in [1.29, 1.82) is 0 Å². The van der Waals surface area contributed by atoms with E-state index in [0.717, 1.165) is 0 Å². The van der Waals surface area contributed by atoms with E-state index in [2.05, 4.69) is 4.72 Å². The van der Waals surface area contributed by atoms with Gasteiger partial charge in [-0.1, -0.05) is 0 Å². The number of nitrogens with zero attached hydrogens (tertiary/aromatic N) is 1. The van der Waals surface area contributed by atoms with Crippen LogP contribution in [0.25, 0.3) is 0 Å². The number of aryl methyl sites for hydroxylation is 2. The first kappa shape index (κ1) is 15.5. The lowest BCUT2D eigenvalue weighted by Crippen LogP contribution is -2.36. The molecule has 0 radical (unpaired) electrons. The van der Waals surface area contributed by atoms with Gasteiger partial charge in [-0.15, -0.1) is 0 Å². The summed E-state index contributed by atoms with van der Waals surface area (Å²) >= 11 is 0. The summed E-state index contributed by atoms with van der Waals surface area (Å²) < 4.78 is 26.7. The zero-order valence-corrected chi connectivity index (χ0v) is 12.3. The predicted molar refractivity (Wildman–Crippen MR) is 74.2 cm³/mol. The Morgan fingerprint density at radius 1 is 1.26 bits per heavy atom.